The van der Waals surface area contributed by atoms with Crippen molar-refractivity contribution in [2.45, 2.75) is 58.9 Å². The molecule has 0 radical (unpaired) electrons. The van der Waals surface area contributed by atoms with E-state index in [1.54, 1.807) is 12.1 Å². The van der Waals surface area contributed by atoms with Crippen LogP contribution in [-0.2, 0) is 20.9 Å². The van der Waals surface area contributed by atoms with Gasteiger partial charge in [0.1, 0.15) is 17.4 Å². The van der Waals surface area contributed by atoms with Crippen LogP contribution in [0.2, 0.25) is 0 Å². The second-order valence-corrected chi connectivity index (χ2v) is 10.1. The van der Waals surface area contributed by atoms with Crippen LogP contribution in [0.25, 0.3) is 0 Å². The van der Waals surface area contributed by atoms with Crippen molar-refractivity contribution in [3.63, 3.8) is 0 Å². The summed E-state index contributed by atoms with van der Waals surface area (Å²) in [6, 6.07) is 6.25. The number of halogens is 1. The molecule has 5 atom stereocenters. The first-order valence-corrected chi connectivity index (χ1v) is 11.1. The van der Waals surface area contributed by atoms with Crippen molar-refractivity contribution >= 4 is 17.5 Å². The van der Waals surface area contributed by atoms with Gasteiger partial charge in [0.05, 0.1) is 6.54 Å². The van der Waals surface area contributed by atoms with E-state index in [0.29, 0.717) is 32.2 Å². The lowest BCUT2D eigenvalue weighted by Crippen LogP contribution is -2.57. The summed E-state index contributed by atoms with van der Waals surface area (Å²) in [6.07, 6.45) is 5.77. The van der Waals surface area contributed by atoms with Gasteiger partial charge in [0, 0.05) is 41.7 Å². The van der Waals surface area contributed by atoms with E-state index in [1.807, 2.05) is 11.8 Å². The number of amides is 1. The minimum Gasteiger partial charge on any atom is -0.312 e. The van der Waals surface area contributed by atoms with Crippen LogP contribution in [0.1, 0.15) is 57.9 Å². The molecule has 0 aromatic heterocycles. The van der Waals surface area contributed by atoms with Gasteiger partial charge in [-0.05, 0) is 48.8 Å². The largest absolute Gasteiger partial charge is 0.312 e. The molecule has 1 aromatic rings. The summed E-state index contributed by atoms with van der Waals surface area (Å²) in [6.45, 7) is 4.52. The summed E-state index contributed by atoms with van der Waals surface area (Å²) in [5, 5.41) is 0. The molecular weight excluding hydrogens is 381 g/mol. The summed E-state index contributed by atoms with van der Waals surface area (Å²) in [4.78, 5) is 40.7. The molecule has 5 heteroatoms. The number of fused-ring (bicyclic) bond motifs is 5. The Morgan fingerprint density at radius 1 is 1.07 bits per heavy atom. The highest BCUT2D eigenvalue weighted by Gasteiger charge is 2.62. The molecule has 0 bridgehead atoms. The molecule has 1 aromatic carbocycles. The number of carbonyl (C=O) groups excluding carboxylic acids is 3. The van der Waals surface area contributed by atoms with Crippen molar-refractivity contribution in [1.82, 2.24) is 4.90 Å². The average molecular weight is 410 g/mol. The summed E-state index contributed by atoms with van der Waals surface area (Å²) in [7, 11) is 0. The zero-order chi connectivity index (χ0) is 21.3. The summed E-state index contributed by atoms with van der Waals surface area (Å²) < 4.78 is 13.3. The third kappa shape index (κ3) is 2.67. The van der Waals surface area contributed by atoms with Gasteiger partial charge in [-0.2, -0.15) is 0 Å². The fourth-order valence-electron chi connectivity index (χ4n) is 7.01. The molecule has 0 N–H and O–H groups in total. The van der Waals surface area contributed by atoms with Gasteiger partial charge in [-0.3, -0.25) is 14.4 Å². The van der Waals surface area contributed by atoms with Crippen LogP contribution in [0.4, 0.5) is 4.39 Å². The van der Waals surface area contributed by atoms with E-state index in [9.17, 15) is 18.8 Å². The lowest BCUT2D eigenvalue weighted by Gasteiger charge is -2.56. The number of ketones is 2. The Morgan fingerprint density at radius 2 is 1.80 bits per heavy atom. The SMILES string of the molecule is C[C@]12CCC(=O)N(Cc3ccc(F)cc3)C1=CC[C@@H]1[C@@H]2C(=O)C[C@]2(C)C(=O)CC[C@@H]12. The van der Waals surface area contributed by atoms with Crippen molar-refractivity contribution in [2.75, 3.05) is 0 Å². The molecule has 1 aliphatic heterocycles. The molecular formula is C25H28FNO3. The van der Waals surface area contributed by atoms with Crippen LogP contribution in [0, 0.1) is 34.4 Å². The maximum absolute atomic E-state index is 13.4. The first-order chi connectivity index (χ1) is 14.2. The fourth-order valence-corrected chi connectivity index (χ4v) is 7.01. The molecule has 2 saturated carbocycles. The standard InChI is InChI=1S/C25H28FNO3/c1-24-12-11-22(30)27(14-15-3-5-16(26)6-4-15)20(24)9-7-17-18-8-10-21(29)25(18,2)13-19(28)23(17)24/h3-6,9,17-18,23H,7-8,10-14H2,1-2H3/t17-,18-,23+,24-,25-/m0/s1. The van der Waals surface area contributed by atoms with E-state index in [-0.39, 0.29) is 46.5 Å². The van der Waals surface area contributed by atoms with Gasteiger partial charge in [0.25, 0.3) is 0 Å². The predicted molar refractivity (Wildman–Crippen MR) is 109 cm³/mol. The molecule has 0 unspecified atom stereocenters. The Hall–Kier alpha value is -2.30. The minimum absolute atomic E-state index is 0.0608. The molecule has 4 nitrogen and oxygen atoms in total. The zero-order valence-corrected chi connectivity index (χ0v) is 17.6. The molecule has 1 amide bonds. The summed E-state index contributed by atoms with van der Waals surface area (Å²) >= 11 is 0. The highest BCUT2D eigenvalue weighted by molar-refractivity contribution is 5.96. The number of rotatable bonds is 2. The van der Waals surface area contributed by atoms with Crippen molar-refractivity contribution in [2.24, 2.45) is 28.6 Å². The second kappa shape index (κ2) is 6.60. The first-order valence-electron chi connectivity index (χ1n) is 11.1. The zero-order valence-electron chi connectivity index (χ0n) is 17.6. The molecule has 30 heavy (non-hydrogen) atoms. The molecule has 0 spiro atoms. The van der Waals surface area contributed by atoms with Gasteiger partial charge >= 0.3 is 0 Å². The molecule has 1 heterocycles. The Morgan fingerprint density at radius 3 is 2.53 bits per heavy atom. The number of carbonyl (C=O) groups is 3. The lowest BCUT2D eigenvalue weighted by molar-refractivity contribution is -0.152. The van der Waals surface area contributed by atoms with Crippen molar-refractivity contribution in [3.8, 4) is 0 Å². The van der Waals surface area contributed by atoms with Gasteiger partial charge in [0.15, 0.2) is 0 Å². The van der Waals surface area contributed by atoms with E-state index in [1.165, 1.54) is 12.1 Å². The van der Waals surface area contributed by atoms with Gasteiger partial charge in [-0.25, -0.2) is 4.39 Å². The molecule has 1 saturated heterocycles. The second-order valence-electron chi connectivity index (χ2n) is 10.1. The summed E-state index contributed by atoms with van der Waals surface area (Å²) in [5.74, 6) is 0.503. The monoisotopic (exact) mass is 409 g/mol. The normalized spacial score (nSPS) is 38.1. The Balaban J connectivity index is 1.52. The van der Waals surface area contributed by atoms with Gasteiger partial charge < -0.3 is 4.90 Å². The van der Waals surface area contributed by atoms with E-state index < -0.39 is 5.41 Å². The molecule has 5 rings (SSSR count). The van der Waals surface area contributed by atoms with E-state index in [0.717, 1.165) is 24.1 Å². The third-order valence-electron chi connectivity index (χ3n) is 8.53. The number of hydrogen-bond donors (Lipinski definition) is 0. The molecule has 158 valence electrons. The van der Waals surface area contributed by atoms with Crippen LogP contribution in [0.5, 0.6) is 0 Å². The number of benzene rings is 1. The number of likely N-dealkylation sites (tertiary alicyclic amines) is 1. The molecule has 3 fully saturated rings. The van der Waals surface area contributed by atoms with Crippen LogP contribution in [0.3, 0.4) is 0 Å². The maximum Gasteiger partial charge on any atom is 0.227 e. The van der Waals surface area contributed by atoms with Crippen molar-refractivity contribution < 1.29 is 18.8 Å². The molecule has 4 aliphatic rings. The van der Waals surface area contributed by atoms with E-state index in [2.05, 4.69) is 13.0 Å². The quantitative estimate of drug-likeness (QED) is 0.726. The van der Waals surface area contributed by atoms with Crippen molar-refractivity contribution in [1.29, 1.82) is 0 Å². The Bertz CT molecular complexity index is 967. The smallest absolute Gasteiger partial charge is 0.227 e. The first kappa shape index (κ1) is 19.7. The number of nitrogens with zero attached hydrogens (tertiary/aromatic N) is 1. The topological polar surface area (TPSA) is 54.5 Å². The Labute approximate surface area is 176 Å². The highest BCUT2D eigenvalue weighted by atomic mass is 19.1. The van der Waals surface area contributed by atoms with Crippen LogP contribution in [0.15, 0.2) is 36.0 Å². The number of allylic oxidation sites excluding steroid dienone is 2. The van der Waals surface area contributed by atoms with Gasteiger partial charge in [-0.1, -0.05) is 32.1 Å². The van der Waals surface area contributed by atoms with Crippen LogP contribution >= 0.6 is 0 Å². The van der Waals surface area contributed by atoms with E-state index >= 15 is 0 Å². The Kier molecular flexibility index (Phi) is 4.32. The lowest BCUT2D eigenvalue weighted by atomic mass is 9.49. The number of Topliss-reactive ketones (excluding diaryl/α,β-unsaturated/α-hetero) is 2. The fraction of sp³-hybridized carbons (Fsp3) is 0.560. The number of hydrogen-bond acceptors (Lipinski definition) is 3. The van der Waals surface area contributed by atoms with Crippen molar-refractivity contribution in [3.05, 3.63) is 47.4 Å². The molecule has 3 aliphatic carbocycles. The van der Waals surface area contributed by atoms with Crippen LogP contribution in [-0.4, -0.2) is 22.4 Å². The highest BCUT2D eigenvalue weighted by Crippen LogP contribution is 2.62. The third-order valence-corrected chi connectivity index (χ3v) is 8.53. The van der Waals surface area contributed by atoms with Gasteiger partial charge in [0.2, 0.25) is 5.91 Å². The summed E-state index contributed by atoms with van der Waals surface area (Å²) in [5.41, 5.74) is 0.936. The van der Waals surface area contributed by atoms with Crippen LogP contribution < -0.4 is 0 Å². The van der Waals surface area contributed by atoms with E-state index in [4.69, 9.17) is 0 Å². The van der Waals surface area contributed by atoms with Gasteiger partial charge in [-0.15, -0.1) is 0 Å². The average Bonchev–Trinajstić information content (AvgIpc) is 3.00. The minimum atomic E-state index is -0.502. The number of piperidine rings is 1. The predicted octanol–water partition coefficient (Wildman–Crippen LogP) is 4.43. The maximum atomic E-state index is 13.4.